The summed E-state index contributed by atoms with van der Waals surface area (Å²) in [5, 5.41) is 9.91. The molecular formula is C17H15NO5. The number of phenolic OH excluding ortho intramolecular Hbond substituents is 1. The molecular weight excluding hydrogens is 298 g/mol. The van der Waals surface area contributed by atoms with Crippen LogP contribution in [0.3, 0.4) is 0 Å². The molecule has 6 heteroatoms. The Labute approximate surface area is 132 Å². The highest BCUT2D eigenvalue weighted by Crippen LogP contribution is 2.32. The van der Waals surface area contributed by atoms with E-state index in [0.29, 0.717) is 29.2 Å². The highest BCUT2D eigenvalue weighted by molar-refractivity contribution is 6.05. The van der Waals surface area contributed by atoms with Crippen LogP contribution in [0.5, 0.6) is 11.5 Å². The largest absolute Gasteiger partial charge is 0.504 e. The van der Waals surface area contributed by atoms with Gasteiger partial charge in [0.1, 0.15) is 11.3 Å². The predicted octanol–water partition coefficient (Wildman–Crippen LogP) is 2.46. The third-order valence-corrected chi connectivity index (χ3v) is 3.42. The Morgan fingerprint density at radius 1 is 1.30 bits per heavy atom. The molecule has 0 bridgehead atoms. The SMILES string of the molecule is CCOc1ccc(/C=C2/OC(=O)c3c2cc(C)[nH]c3=O)cc1O. The first-order chi connectivity index (χ1) is 11.0. The Balaban J connectivity index is 2.05. The summed E-state index contributed by atoms with van der Waals surface area (Å²) in [6.45, 7) is 4.00. The fraction of sp³-hybridized carbons (Fsp3) is 0.176. The Bertz CT molecular complexity index is 879. The second-order valence-corrected chi connectivity index (χ2v) is 5.13. The number of aryl methyl sites for hydroxylation is 1. The minimum Gasteiger partial charge on any atom is -0.504 e. The lowest BCUT2D eigenvalue weighted by Gasteiger charge is -2.06. The number of hydrogen-bond acceptors (Lipinski definition) is 5. The monoisotopic (exact) mass is 313 g/mol. The molecule has 0 fully saturated rings. The van der Waals surface area contributed by atoms with Gasteiger partial charge in [0.2, 0.25) is 0 Å². The van der Waals surface area contributed by atoms with Gasteiger partial charge in [-0.2, -0.15) is 0 Å². The van der Waals surface area contributed by atoms with Crippen LogP contribution in [0, 0.1) is 6.92 Å². The molecule has 1 aliphatic heterocycles. The molecule has 118 valence electrons. The van der Waals surface area contributed by atoms with E-state index in [9.17, 15) is 14.7 Å². The molecule has 0 saturated heterocycles. The molecule has 2 aromatic rings. The number of pyridine rings is 1. The molecule has 0 saturated carbocycles. The Kier molecular flexibility index (Phi) is 3.65. The lowest BCUT2D eigenvalue weighted by atomic mass is 10.1. The van der Waals surface area contributed by atoms with Crippen molar-refractivity contribution in [2.75, 3.05) is 6.61 Å². The molecule has 1 aromatic heterocycles. The van der Waals surface area contributed by atoms with Crippen LogP contribution in [0.1, 0.15) is 34.1 Å². The summed E-state index contributed by atoms with van der Waals surface area (Å²) < 4.78 is 10.4. The quantitative estimate of drug-likeness (QED) is 0.850. The van der Waals surface area contributed by atoms with Gasteiger partial charge in [0.15, 0.2) is 11.5 Å². The number of fused-ring (bicyclic) bond motifs is 1. The van der Waals surface area contributed by atoms with Crippen molar-refractivity contribution >= 4 is 17.8 Å². The molecule has 0 atom stereocenters. The molecule has 2 N–H and O–H groups in total. The van der Waals surface area contributed by atoms with Crippen LogP contribution in [0.2, 0.25) is 0 Å². The van der Waals surface area contributed by atoms with Crippen LogP contribution in [0.15, 0.2) is 29.1 Å². The van der Waals surface area contributed by atoms with Crippen molar-refractivity contribution in [3.05, 3.63) is 57.0 Å². The lowest BCUT2D eigenvalue weighted by molar-refractivity contribution is 0.0715. The molecule has 6 nitrogen and oxygen atoms in total. The molecule has 1 aromatic carbocycles. The summed E-state index contributed by atoms with van der Waals surface area (Å²) in [5.41, 5.74) is 1.23. The number of esters is 1. The first-order valence-corrected chi connectivity index (χ1v) is 7.13. The van der Waals surface area contributed by atoms with E-state index in [4.69, 9.17) is 9.47 Å². The number of benzene rings is 1. The van der Waals surface area contributed by atoms with Gasteiger partial charge < -0.3 is 19.6 Å². The van der Waals surface area contributed by atoms with Crippen molar-refractivity contribution in [3.63, 3.8) is 0 Å². The number of H-pyrrole nitrogens is 1. The smallest absolute Gasteiger partial charge is 0.349 e. The molecule has 1 aliphatic rings. The van der Waals surface area contributed by atoms with Crippen LogP contribution in [0.4, 0.5) is 0 Å². The molecule has 0 radical (unpaired) electrons. The van der Waals surface area contributed by atoms with Gasteiger partial charge in [0.25, 0.3) is 5.56 Å². The first kappa shape index (κ1) is 14.9. The normalized spacial score (nSPS) is 14.7. The molecule has 3 rings (SSSR count). The second-order valence-electron chi connectivity index (χ2n) is 5.13. The topological polar surface area (TPSA) is 88.6 Å². The average Bonchev–Trinajstić information content (AvgIpc) is 2.78. The van der Waals surface area contributed by atoms with Crippen molar-refractivity contribution in [2.24, 2.45) is 0 Å². The number of carbonyl (C=O) groups is 1. The van der Waals surface area contributed by atoms with Crippen LogP contribution in [-0.2, 0) is 4.74 Å². The Morgan fingerprint density at radius 3 is 2.78 bits per heavy atom. The van der Waals surface area contributed by atoms with Crippen LogP contribution >= 0.6 is 0 Å². The summed E-state index contributed by atoms with van der Waals surface area (Å²) in [4.78, 5) is 26.3. The standard InChI is InChI=1S/C17H15NO5/c1-3-22-13-5-4-10(7-12(13)19)8-14-11-6-9(2)18-16(20)15(11)17(21)23-14/h4-8,19H,3H2,1-2H3,(H,18,20)/b14-8+. The fourth-order valence-electron chi connectivity index (χ4n) is 2.45. The maximum atomic E-state index is 11.9. The van der Waals surface area contributed by atoms with E-state index >= 15 is 0 Å². The number of aromatic hydroxyl groups is 1. The fourth-order valence-corrected chi connectivity index (χ4v) is 2.45. The van der Waals surface area contributed by atoms with Gasteiger partial charge >= 0.3 is 5.97 Å². The van der Waals surface area contributed by atoms with Crippen LogP contribution < -0.4 is 10.3 Å². The third kappa shape index (κ3) is 2.70. The van der Waals surface area contributed by atoms with E-state index in [1.54, 1.807) is 31.2 Å². The van der Waals surface area contributed by atoms with Gasteiger partial charge in [0.05, 0.1) is 6.61 Å². The Morgan fingerprint density at radius 2 is 2.09 bits per heavy atom. The first-order valence-electron chi connectivity index (χ1n) is 7.13. The van der Waals surface area contributed by atoms with E-state index in [1.807, 2.05) is 6.92 Å². The number of aromatic amines is 1. The zero-order chi connectivity index (χ0) is 16.6. The third-order valence-electron chi connectivity index (χ3n) is 3.42. The number of nitrogens with one attached hydrogen (secondary N) is 1. The number of hydrogen-bond donors (Lipinski definition) is 2. The number of rotatable bonds is 3. The highest BCUT2D eigenvalue weighted by atomic mass is 16.5. The molecule has 0 spiro atoms. The van der Waals surface area contributed by atoms with Crippen molar-refractivity contribution < 1.29 is 19.4 Å². The summed E-state index contributed by atoms with van der Waals surface area (Å²) in [7, 11) is 0. The van der Waals surface area contributed by atoms with Gasteiger partial charge in [-0.15, -0.1) is 0 Å². The van der Waals surface area contributed by atoms with Gasteiger partial charge in [-0.1, -0.05) is 6.07 Å². The van der Waals surface area contributed by atoms with Gasteiger partial charge in [-0.3, -0.25) is 4.79 Å². The zero-order valence-electron chi connectivity index (χ0n) is 12.7. The molecule has 2 heterocycles. The van der Waals surface area contributed by atoms with Crippen molar-refractivity contribution in [3.8, 4) is 11.5 Å². The summed E-state index contributed by atoms with van der Waals surface area (Å²) in [6.07, 6.45) is 1.60. The average molecular weight is 313 g/mol. The van der Waals surface area contributed by atoms with Crippen molar-refractivity contribution in [1.29, 1.82) is 0 Å². The summed E-state index contributed by atoms with van der Waals surface area (Å²) in [6, 6.07) is 6.54. The van der Waals surface area contributed by atoms with E-state index in [1.165, 1.54) is 6.07 Å². The van der Waals surface area contributed by atoms with Crippen molar-refractivity contribution in [2.45, 2.75) is 13.8 Å². The Hall–Kier alpha value is -3.02. The zero-order valence-corrected chi connectivity index (χ0v) is 12.7. The van der Waals surface area contributed by atoms with Crippen LogP contribution in [0.25, 0.3) is 11.8 Å². The lowest BCUT2D eigenvalue weighted by Crippen LogP contribution is -2.16. The van der Waals surface area contributed by atoms with Gasteiger partial charge in [-0.05, 0) is 43.7 Å². The number of aromatic nitrogens is 1. The summed E-state index contributed by atoms with van der Waals surface area (Å²) in [5.74, 6) is -0.0241. The predicted molar refractivity (Wildman–Crippen MR) is 84.4 cm³/mol. The van der Waals surface area contributed by atoms with E-state index in [-0.39, 0.29) is 17.1 Å². The number of ether oxygens (including phenoxy) is 2. The van der Waals surface area contributed by atoms with Gasteiger partial charge in [-0.25, -0.2) is 4.79 Å². The van der Waals surface area contributed by atoms with E-state index in [2.05, 4.69) is 4.98 Å². The number of carbonyl (C=O) groups excluding carboxylic acids is 1. The minimum absolute atomic E-state index is 0.00277. The maximum absolute atomic E-state index is 11.9. The molecule has 0 amide bonds. The number of phenols is 1. The van der Waals surface area contributed by atoms with Crippen molar-refractivity contribution in [1.82, 2.24) is 4.98 Å². The highest BCUT2D eigenvalue weighted by Gasteiger charge is 2.30. The van der Waals surface area contributed by atoms with E-state index in [0.717, 1.165) is 0 Å². The molecule has 23 heavy (non-hydrogen) atoms. The summed E-state index contributed by atoms with van der Waals surface area (Å²) >= 11 is 0. The van der Waals surface area contributed by atoms with Crippen LogP contribution in [-0.4, -0.2) is 22.7 Å². The van der Waals surface area contributed by atoms with E-state index < -0.39 is 11.5 Å². The minimum atomic E-state index is -0.678. The molecule has 0 aliphatic carbocycles. The second kappa shape index (κ2) is 5.64. The maximum Gasteiger partial charge on any atom is 0.349 e. The molecule has 0 unspecified atom stereocenters. The number of cyclic esters (lactones) is 1. The van der Waals surface area contributed by atoms with Gasteiger partial charge in [0, 0.05) is 11.3 Å².